The Hall–Kier alpha value is -3.45. The van der Waals surface area contributed by atoms with Crippen molar-refractivity contribution in [1.29, 1.82) is 0 Å². The Bertz CT molecular complexity index is 1190. The maximum absolute atomic E-state index is 13.8. The van der Waals surface area contributed by atoms with E-state index in [1.807, 2.05) is 74.5 Å². The number of nitrogens with one attached hydrogen (secondary N) is 1. The molecular weight excluding hydrogens is 502 g/mol. The molecule has 1 N–H and O–H groups in total. The second-order valence-electron chi connectivity index (χ2n) is 10.2. The number of imide groups is 1. The summed E-state index contributed by atoms with van der Waals surface area (Å²) in [4.78, 5) is 55.9. The molecule has 200 valence electrons. The number of carbonyl (C=O) groups excluding carboxylic acids is 4. The summed E-state index contributed by atoms with van der Waals surface area (Å²) in [6.45, 7) is 3.86. The lowest BCUT2D eigenvalue weighted by Gasteiger charge is -2.32. The van der Waals surface area contributed by atoms with Crippen LogP contribution in [0.5, 0.6) is 0 Å². The van der Waals surface area contributed by atoms with Gasteiger partial charge in [0.05, 0.1) is 11.8 Å². The summed E-state index contributed by atoms with van der Waals surface area (Å²) >= 11 is 6.45. The highest BCUT2D eigenvalue weighted by Gasteiger charge is 2.47. The van der Waals surface area contributed by atoms with Gasteiger partial charge in [0, 0.05) is 37.0 Å². The molecule has 2 aromatic carbocycles. The highest BCUT2D eigenvalue weighted by Crippen LogP contribution is 2.35. The molecule has 4 amide bonds. The van der Waals surface area contributed by atoms with Gasteiger partial charge < -0.3 is 10.2 Å². The molecule has 8 heteroatoms. The van der Waals surface area contributed by atoms with Gasteiger partial charge in [0.1, 0.15) is 6.04 Å². The first-order chi connectivity index (χ1) is 18.3. The Kier molecular flexibility index (Phi) is 9.00. The topological polar surface area (TPSA) is 86.8 Å². The molecular formula is C30H34ClN3O4. The van der Waals surface area contributed by atoms with Crippen LogP contribution in [0.4, 0.5) is 0 Å². The molecule has 0 spiro atoms. The largest absolute Gasteiger partial charge is 0.352 e. The third-order valence-electron chi connectivity index (χ3n) is 7.15. The lowest BCUT2D eigenvalue weighted by atomic mass is 9.85. The van der Waals surface area contributed by atoms with Crippen molar-refractivity contribution in [3.8, 4) is 0 Å². The van der Waals surface area contributed by atoms with E-state index in [9.17, 15) is 19.2 Å². The molecule has 0 bridgehead atoms. The second kappa shape index (κ2) is 12.4. The number of fused-ring (bicyclic) bond motifs is 1. The third-order valence-corrected chi connectivity index (χ3v) is 7.52. The lowest BCUT2D eigenvalue weighted by Crippen LogP contribution is -2.52. The number of halogens is 1. The van der Waals surface area contributed by atoms with Crippen LogP contribution < -0.4 is 5.32 Å². The van der Waals surface area contributed by atoms with Crippen molar-refractivity contribution in [1.82, 2.24) is 15.1 Å². The highest BCUT2D eigenvalue weighted by atomic mass is 35.5. The summed E-state index contributed by atoms with van der Waals surface area (Å²) in [5.74, 6) is -1.71. The van der Waals surface area contributed by atoms with E-state index < -0.39 is 6.04 Å². The minimum Gasteiger partial charge on any atom is -0.352 e. The Morgan fingerprint density at radius 1 is 0.974 bits per heavy atom. The number of likely N-dealkylation sites (tertiary alicyclic amines) is 1. The van der Waals surface area contributed by atoms with E-state index in [1.54, 1.807) is 6.07 Å². The van der Waals surface area contributed by atoms with Gasteiger partial charge in [-0.15, -0.1) is 0 Å². The molecule has 1 aliphatic heterocycles. The lowest BCUT2D eigenvalue weighted by molar-refractivity contribution is -0.144. The van der Waals surface area contributed by atoms with E-state index in [1.165, 1.54) is 9.80 Å². The van der Waals surface area contributed by atoms with Gasteiger partial charge in [-0.1, -0.05) is 72.3 Å². The third kappa shape index (κ3) is 6.33. The van der Waals surface area contributed by atoms with E-state index in [4.69, 9.17) is 11.6 Å². The Balaban J connectivity index is 1.59. The number of carbonyl (C=O) groups is 4. The smallest absolute Gasteiger partial charge is 0.243 e. The fourth-order valence-corrected chi connectivity index (χ4v) is 5.38. The van der Waals surface area contributed by atoms with Crippen molar-refractivity contribution in [2.75, 3.05) is 6.54 Å². The SMILES string of the molecule is CC(C)NC(=O)C(Cc1ccccc1)N(Cc1ccccc1Cl)C(=O)CCN1C(=O)[C@H]2CC=CC[C@H]2C1=O. The maximum Gasteiger partial charge on any atom is 0.243 e. The number of nitrogens with zero attached hydrogens (tertiary/aromatic N) is 2. The summed E-state index contributed by atoms with van der Waals surface area (Å²) in [6.07, 6.45) is 5.21. The average molecular weight is 536 g/mol. The molecule has 2 aliphatic rings. The number of rotatable bonds is 10. The van der Waals surface area contributed by atoms with Crippen molar-refractivity contribution in [3.05, 3.63) is 82.9 Å². The van der Waals surface area contributed by atoms with E-state index in [0.29, 0.717) is 29.8 Å². The zero-order valence-electron chi connectivity index (χ0n) is 21.8. The number of hydrogen-bond donors (Lipinski definition) is 1. The molecule has 1 unspecified atom stereocenters. The van der Waals surface area contributed by atoms with Crippen LogP contribution in [0.25, 0.3) is 0 Å². The van der Waals surface area contributed by atoms with Gasteiger partial charge in [-0.25, -0.2) is 0 Å². The second-order valence-corrected chi connectivity index (χ2v) is 10.6. The van der Waals surface area contributed by atoms with E-state index in [2.05, 4.69) is 5.32 Å². The van der Waals surface area contributed by atoms with Gasteiger partial charge in [-0.05, 0) is 43.9 Å². The van der Waals surface area contributed by atoms with Crippen molar-refractivity contribution in [3.63, 3.8) is 0 Å². The number of allylic oxidation sites excluding steroid dienone is 2. The van der Waals surface area contributed by atoms with Crippen LogP contribution in [-0.4, -0.2) is 52.1 Å². The zero-order valence-corrected chi connectivity index (χ0v) is 22.6. The molecule has 3 atom stereocenters. The standard InChI is InChI=1S/C30H34ClN3O4/c1-20(2)32-28(36)26(18-21-10-4-3-5-11-21)34(19-22-12-6-9-15-25(22)31)27(35)16-17-33-29(37)23-13-7-8-14-24(23)30(33)38/h3-12,15,20,23-24,26H,13-14,16-19H2,1-2H3,(H,32,36)/t23-,24+,26?. The van der Waals surface area contributed by atoms with E-state index in [0.717, 1.165) is 5.56 Å². The van der Waals surface area contributed by atoms with Gasteiger partial charge in [-0.2, -0.15) is 0 Å². The predicted molar refractivity (Wildman–Crippen MR) is 146 cm³/mol. The van der Waals surface area contributed by atoms with Crippen molar-refractivity contribution in [2.45, 2.75) is 58.2 Å². The van der Waals surface area contributed by atoms with Crippen LogP contribution in [0.3, 0.4) is 0 Å². The average Bonchev–Trinajstić information content (AvgIpc) is 3.15. The van der Waals surface area contributed by atoms with Gasteiger partial charge in [0.15, 0.2) is 0 Å². The molecule has 1 fully saturated rings. The quantitative estimate of drug-likeness (QED) is 0.366. The maximum atomic E-state index is 13.8. The normalized spacial score (nSPS) is 19.4. The van der Waals surface area contributed by atoms with Crippen LogP contribution in [0.15, 0.2) is 66.7 Å². The van der Waals surface area contributed by atoms with Crippen molar-refractivity contribution < 1.29 is 19.2 Å². The predicted octanol–water partition coefficient (Wildman–Crippen LogP) is 4.15. The molecule has 38 heavy (non-hydrogen) atoms. The summed E-state index contributed by atoms with van der Waals surface area (Å²) < 4.78 is 0. The minimum atomic E-state index is -0.805. The molecule has 0 saturated carbocycles. The Labute approximate surface area is 228 Å². The van der Waals surface area contributed by atoms with Gasteiger partial charge >= 0.3 is 0 Å². The number of amides is 4. The summed E-state index contributed by atoms with van der Waals surface area (Å²) in [6, 6.07) is 15.8. The zero-order chi connectivity index (χ0) is 27.2. The first-order valence-corrected chi connectivity index (χ1v) is 13.5. The van der Waals surface area contributed by atoms with E-state index in [-0.39, 0.29) is 61.0 Å². The highest BCUT2D eigenvalue weighted by molar-refractivity contribution is 6.31. The molecule has 1 aliphatic carbocycles. The van der Waals surface area contributed by atoms with Crippen LogP contribution in [0.1, 0.15) is 44.2 Å². The van der Waals surface area contributed by atoms with Crippen molar-refractivity contribution in [2.24, 2.45) is 11.8 Å². The van der Waals surface area contributed by atoms with Gasteiger partial charge in [0.2, 0.25) is 23.6 Å². The van der Waals surface area contributed by atoms with E-state index >= 15 is 0 Å². The molecule has 4 rings (SSSR count). The first-order valence-electron chi connectivity index (χ1n) is 13.1. The molecule has 7 nitrogen and oxygen atoms in total. The minimum absolute atomic E-state index is 0.00756. The molecule has 2 aromatic rings. The van der Waals surface area contributed by atoms with Crippen LogP contribution in [0, 0.1) is 11.8 Å². The molecule has 1 heterocycles. The molecule has 0 aromatic heterocycles. The number of benzene rings is 2. The van der Waals surface area contributed by atoms with Crippen LogP contribution >= 0.6 is 11.6 Å². The first kappa shape index (κ1) is 27.6. The summed E-state index contributed by atoms with van der Waals surface area (Å²) in [7, 11) is 0. The number of hydrogen-bond acceptors (Lipinski definition) is 4. The van der Waals surface area contributed by atoms with Crippen LogP contribution in [0.2, 0.25) is 5.02 Å². The molecule has 0 radical (unpaired) electrons. The summed E-state index contributed by atoms with van der Waals surface area (Å²) in [5, 5.41) is 3.45. The summed E-state index contributed by atoms with van der Waals surface area (Å²) in [5.41, 5.74) is 1.62. The van der Waals surface area contributed by atoms with Gasteiger partial charge in [0.25, 0.3) is 0 Å². The van der Waals surface area contributed by atoms with Crippen molar-refractivity contribution >= 4 is 35.2 Å². The fraction of sp³-hybridized carbons (Fsp3) is 0.400. The molecule has 1 saturated heterocycles. The monoisotopic (exact) mass is 535 g/mol. The van der Waals surface area contributed by atoms with Crippen LogP contribution in [-0.2, 0) is 32.1 Å². The van der Waals surface area contributed by atoms with Gasteiger partial charge in [-0.3, -0.25) is 24.1 Å². The Morgan fingerprint density at radius 3 is 2.18 bits per heavy atom. The fourth-order valence-electron chi connectivity index (χ4n) is 5.19. The Morgan fingerprint density at radius 2 is 1.58 bits per heavy atom.